The Morgan fingerprint density at radius 2 is 1.26 bits per heavy atom. The summed E-state index contributed by atoms with van der Waals surface area (Å²) in [6, 6.07) is 8.31. The van der Waals surface area contributed by atoms with Crippen LogP contribution in [0.25, 0.3) is 11.1 Å². The van der Waals surface area contributed by atoms with Gasteiger partial charge in [-0.2, -0.15) is 0 Å². The van der Waals surface area contributed by atoms with Gasteiger partial charge in [0.1, 0.15) is 5.75 Å². The molecule has 0 atom stereocenters. The highest BCUT2D eigenvalue weighted by Gasteiger charge is 2.13. The van der Waals surface area contributed by atoms with Crippen molar-refractivity contribution in [3.63, 3.8) is 0 Å². The zero-order valence-electron chi connectivity index (χ0n) is 12.7. The number of hydrogen-bond acceptors (Lipinski definition) is 1. The summed E-state index contributed by atoms with van der Waals surface area (Å²) in [5.74, 6) is 0.909. The van der Waals surface area contributed by atoms with Crippen molar-refractivity contribution in [1.82, 2.24) is 0 Å². The minimum Gasteiger partial charge on any atom is -0.497 e. The van der Waals surface area contributed by atoms with Crippen molar-refractivity contribution >= 4 is 0 Å². The molecule has 0 aliphatic carbocycles. The van der Waals surface area contributed by atoms with Crippen molar-refractivity contribution in [2.45, 2.75) is 34.6 Å². The van der Waals surface area contributed by atoms with Gasteiger partial charge in [-0.15, -0.1) is 0 Å². The molecule has 2 aromatic rings. The summed E-state index contributed by atoms with van der Waals surface area (Å²) < 4.78 is 5.34. The Kier molecular flexibility index (Phi) is 3.66. The van der Waals surface area contributed by atoms with E-state index >= 15 is 0 Å². The fraction of sp³-hybridized carbons (Fsp3) is 0.333. The van der Waals surface area contributed by atoms with Crippen LogP contribution in [0.4, 0.5) is 0 Å². The Morgan fingerprint density at radius 1 is 0.737 bits per heavy atom. The lowest BCUT2D eigenvalue weighted by atomic mass is 9.86. The van der Waals surface area contributed by atoms with Crippen LogP contribution in [-0.4, -0.2) is 7.11 Å². The fourth-order valence-corrected chi connectivity index (χ4v) is 2.71. The highest BCUT2D eigenvalue weighted by atomic mass is 16.5. The van der Waals surface area contributed by atoms with Crippen LogP contribution in [0, 0.1) is 34.6 Å². The van der Waals surface area contributed by atoms with Crippen LogP contribution in [0.1, 0.15) is 27.8 Å². The highest BCUT2D eigenvalue weighted by Crippen LogP contribution is 2.35. The summed E-state index contributed by atoms with van der Waals surface area (Å²) in [4.78, 5) is 0. The maximum atomic E-state index is 5.34. The zero-order valence-corrected chi connectivity index (χ0v) is 12.7. The van der Waals surface area contributed by atoms with E-state index < -0.39 is 0 Å². The van der Waals surface area contributed by atoms with Gasteiger partial charge in [-0.25, -0.2) is 0 Å². The molecule has 0 radical (unpaired) electrons. The largest absolute Gasteiger partial charge is 0.497 e. The van der Waals surface area contributed by atoms with Crippen LogP contribution in [0.2, 0.25) is 0 Å². The molecule has 0 bridgehead atoms. The molecule has 1 nitrogen and oxygen atoms in total. The first-order valence-electron chi connectivity index (χ1n) is 6.68. The summed E-state index contributed by atoms with van der Waals surface area (Å²) in [7, 11) is 1.71. The Balaban J connectivity index is 2.75. The second kappa shape index (κ2) is 5.08. The zero-order chi connectivity index (χ0) is 14.2. The lowest BCUT2D eigenvalue weighted by Crippen LogP contribution is -1.99. The van der Waals surface area contributed by atoms with Gasteiger partial charge < -0.3 is 4.74 Å². The molecule has 0 spiro atoms. The summed E-state index contributed by atoms with van der Waals surface area (Å²) in [6.07, 6.45) is 0. The first-order chi connectivity index (χ1) is 8.97. The maximum absolute atomic E-state index is 5.34. The first-order valence-corrected chi connectivity index (χ1v) is 6.68. The van der Waals surface area contributed by atoms with Crippen LogP contribution < -0.4 is 4.74 Å². The van der Waals surface area contributed by atoms with Gasteiger partial charge in [-0.3, -0.25) is 0 Å². The molecule has 0 aliphatic rings. The van der Waals surface area contributed by atoms with Gasteiger partial charge in [0, 0.05) is 0 Å². The van der Waals surface area contributed by atoms with E-state index in [-0.39, 0.29) is 0 Å². The molecule has 0 fully saturated rings. The molecule has 2 aromatic carbocycles. The van der Waals surface area contributed by atoms with Gasteiger partial charge in [-0.05, 0) is 85.7 Å². The normalized spacial score (nSPS) is 10.6. The summed E-state index contributed by atoms with van der Waals surface area (Å²) in [6.45, 7) is 11.1. The molecule has 0 saturated heterocycles. The first kappa shape index (κ1) is 13.7. The van der Waals surface area contributed by atoms with E-state index in [1.54, 1.807) is 7.11 Å². The van der Waals surface area contributed by atoms with Gasteiger partial charge in [0.2, 0.25) is 0 Å². The molecule has 0 unspecified atom stereocenters. The molecule has 0 N–H and O–H groups in total. The van der Waals surface area contributed by atoms with E-state index in [9.17, 15) is 0 Å². The molecule has 0 amide bonds. The van der Waals surface area contributed by atoms with Gasteiger partial charge in [0.15, 0.2) is 0 Å². The van der Waals surface area contributed by atoms with E-state index in [1.165, 1.54) is 38.9 Å². The Hall–Kier alpha value is -1.76. The van der Waals surface area contributed by atoms with Crippen molar-refractivity contribution in [3.05, 3.63) is 52.1 Å². The number of ether oxygens (including phenoxy) is 1. The lowest BCUT2D eigenvalue weighted by Gasteiger charge is -2.19. The van der Waals surface area contributed by atoms with Crippen molar-refractivity contribution in [2.24, 2.45) is 0 Å². The van der Waals surface area contributed by atoms with E-state index in [0.29, 0.717) is 0 Å². The quantitative estimate of drug-likeness (QED) is 0.740. The van der Waals surface area contributed by atoms with Gasteiger partial charge in [-0.1, -0.05) is 12.1 Å². The maximum Gasteiger partial charge on any atom is 0.119 e. The molecule has 19 heavy (non-hydrogen) atoms. The molecule has 2 rings (SSSR count). The van der Waals surface area contributed by atoms with Crippen LogP contribution in [0.5, 0.6) is 5.75 Å². The van der Waals surface area contributed by atoms with Crippen molar-refractivity contribution < 1.29 is 4.74 Å². The average molecular weight is 254 g/mol. The van der Waals surface area contributed by atoms with Crippen LogP contribution >= 0.6 is 0 Å². The summed E-state index contributed by atoms with van der Waals surface area (Å²) in [5.41, 5.74) is 9.51. The molecule has 0 aliphatic heterocycles. The van der Waals surface area contributed by atoms with Crippen LogP contribution in [-0.2, 0) is 0 Å². The van der Waals surface area contributed by atoms with Crippen molar-refractivity contribution in [1.29, 1.82) is 0 Å². The van der Waals surface area contributed by atoms with Gasteiger partial charge in [0.25, 0.3) is 0 Å². The Labute approximate surface area is 116 Å². The third-order valence-electron chi connectivity index (χ3n) is 4.36. The van der Waals surface area contributed by atoms with E-state index in [4.69, 9.17) is 4.74 Å². The molecule has 1 heteroatoms. The van der Waals surface area contributed by atoms with Crippen molar-refractivity contribution in [2.75, 3.05) is 7.11 Å². The van der Waals surface area contributed by atoms with Crippen molar-refractivity contribution in [3.8, 4) is 16.9 Å². The number of benzene rings is 2. The molecular formula is C18H22O. The monoisotopic (exact) mass is 254 g/mol. The van der Waals surface area contributed by atoms with Crippen LogP contribution in [0.3, 0.4) is 0 Å². The van der Waals surface area contributed by atoms with Gasteiger partial charge in [0.05, 0.1) is 7.11 Å². The topological polar surface area (TPSA) is 9.23 Å². The average Bonchev–Trinajstić information content (AvgIpc) is 2.43. The van der Waals surface area contributed by atoms with E-state index in [2.05, 4.69) is 52.8 Å². The summed E-state index contributed by atoms with van der Waals surface area (Å²) >= 11 is 0. The number of hydrogen-bond donors (Lipinski definition) is 0. The predicted octanol–water partition coefficient (Wildman–Crippen LogP) is 4.90. The molecule has 100 valence electrons. The minimum atomic E-state index is 0.909. The number of rotatable bonds is 2. The third kappa shape index (κ3) is 2.25. The second-order valence-corrected chi connectivity index (χ2v) is 5.23. The van der Waals surface area contributed by atoms with Gasteiger partial charge >= 0.3 is 0 Å². The predicted molar refractivity (Wildman–Crippen MR) is 82.1 cm³/mol. The second-order valence-electron chi connectivity index (χ2n) is 5.23. The van der Waals surface area contributed by atoms with E-state index in [0.717, 1.165) is 5.75 Å². The Bertz CT molecular complexity index is 595. The molecule has 0 heterocycles. The third-order valence-corrected chi connectivity index (χ3v) is 4.36. The van der Waals surface area contributed by atoms with E-state index in [1.807, 2.05) is 6.07 Å². The molecular weight excluding hydrogens is 232 g/mol. The molecule has 0 aromatic heterocycles. The Morgan fingerprint density at radius 3 is 1.79 bits per heavy atom. The fourth-order valence-electron chi connectivity index (χ4n) is 2.71. The standard InChI is InChI=1S/C18H22O/c1-11-12(2)14(4)18(15(5)13(11)3)16-8-7-9-17(10-16)19-6/h7-10H,1-6H3. The summed E-state index contributed by atoms with van der Waals surface area (Å²) in [5, 5.41) is 0. The molecule has 0 saturated carbocycles. The minimum absolute atomic E-state index is 0.909. The highest BCUT2D eigenvalue weighted by molar-refractivity contribution is 5.75. The smallest absolute Gasteiger partial charge is 0.119 e. The number of methoxy groups -OCH3 is 1. The lowest BCUT2D eigenvalue weighted by molar-refractivity contribution is 0.415. The van der Waals surface area contributed by atoms with Crippen LogP contribution in [0.15, 0.2) is 24.3 Å². The SMILES string of the molecule is COc1cccc(-c2c(C)c(C)c(C)c(C)c2C)c1.